The summed E-state index contributed by atoms with van der Waals surface area (Å²) in [5.41, 5.74) is 1.13. The molecule has 8 heteroatoms. The summed E-state index contributed by atoms with van der Waals surface area (Å²) in [6.07, 6.45) is -4.01. The first kappa shape index (κ1) is 19.7. The van der Waals surface area contributed by atoms with E-state index in [2.05, 4.69) is 10.6 Å². The standard InChI is InChI=1S/C20H20F3N3O2/c1-26(2)15-9-7-14(8-10-15)25-19(28)17-11-16(17)18(27)24-13-5-3-12(4-6-13)20(21,22)23/h3-10,16-17H,11H2,1-2H3,(H,24,27)(H,25,28). The molecule has 2 N–H and O–H groups in total. The summed E-state index contributed by atoms with van der Waals surface area (Å²) >= 11 is 0. The maximum Gasteiger partial charge on any atom is 0.416 e. The molecule has 2 amide bonds. The van der Waals surface area contributed by atoms with Crippen LogP contribution in [0.2, 0.25) is 0 Å². The number of benzene rings is 2. The molecule has 1 aliphatic carbocycles. The van der Waals surface area contributed by atoms with Crippen molar-refractivity contribution in [3.63, 3.8) is 0 Å². The van der Waals surface area contributed by atoms with Crippen LogP contribution in [0, 0.1) is 11.8 Å². The van der Waals surface area contributed by atoms with Crippen LogP contribution in [-0.2, 0) is 15.8 Å². The summed E-state index contributed by atoms with van der Waals surface area (Å²) in [6.45, 7) is 0. The van der Waals surface area contributed by atoms with Gasteiger partial charge in [0.1, 0.15) is 0 Å². The van der Waals surface area contributed by atoms with Gasteiger partial charge in [0.2, 0.25) is 11.8 Å². The summed E-state index contributed by atoms with van der Waals surface area (Å²) in [6, 6.07) is 11.5. The maximum absolute atomic E-state index is 12.6. The van der Waals surface area contributed by atoms with E-state index < -0.39 is 23.6 Å². The van der Waals surface area contributed by atoms with Gasteiger partial charge in [-0.25, -0.2) is 0 Å². The Hall–Kier alpha value is -3.03. The number of carbonyl (C=O) groups excluding carboxylic acids is 2. The average molecular weight is 391 g/mol. The fourth-order valence-electron chi connectivity index (χ4n) is 2.83. The molecular formula is C20H20F3N3O2. The molecule has 2 unspecified atom stereocenters. The molecule has 2 aromatic carbocycles. The van der Waals surface area contributed by atoms with Crippen LogP contribution in [0.25, 0.3) is 0 Å². The predicted molar refractivity (Wildman–Crippen MR) is 101 cm³/mol. The fourth-order valence-corrected chi connectivity index (χ4v) is 2.83. The van der Waals surface area contributed by atoms with Crippen molar-refractivity contribution in [3.05, 3.63) is 54.1 Å². The van der Waals surface area contributed by atoms with Gasteiger partial charge < -0.3 is 15.5 Å². The summed E-state index contributed by atoms with van der Waals surface area (Å²) < 4.78 is 37.7. The van der Waals surface area contributed by atoms with Gasteiger partial charge in [0.05, 0.1) is 17.4 Å². The first-order valence-electron chi connectivity index (χ1n) is 8.71. The smallest absolute Gasteiger partial charge is 0.378 e. The molecule has 0 aliphatic heterocycles. The minimum Gasteiger partial charge on any atom is -0.378 e. The molecule has 3 rings (SSSR count). The van der Waals surface area contributed by atoms with E-state index in [0.717, 1.165) is 17.8 Å². The van der Waals surface area contributed by atoms with E-state index in [1.54, 1.807) is 12.1 Å². The van der Waals surface area contributed by atoms with Crippen LogP contribution in [0.3, 0.4) is 0 Å². The lowest BCUT2D eigenvalue weighted by molar-refractivity contribution is -0.137. The molecule has 28 heavy (non-hydrogen) atoms. The number of nitrogens with zero attached hydrogens (tertiary/aromatic N) is 1. The van der Waals surface area contributed by atoms with Gasteiger partial charge in [-0.2, -0.15) is 13.2 Å². The van der Waals surface area contributed by atoms with Crippen molar-refractivity contribution >= 4 is 28.9 Å². The van der Waals surface area contributed by atoms with E-state index in [-0.39, 0.29) is 17.5 Å². The SMILES string of the molecule is CN(C)c1ccc(NC(=O)C2CC2C(=O)Nc2ccc(C(F)(F)F)cc2)cc1. The molecule has 0 heterocycles. The van der Waals surface area contributed by atoms with Gasteiger partial charge in [0.25, 0.3) is 0 Å². The Morgan fingerprint density at radius 3 is 1.68 bits per heavy atom. The van der Waals surface area contributed by atoms with Gasteiger partial charge in [-0.1, -0.05) is 0 Å². The largest absolute Gasteiger partial charge is 0.416 e. The monoisotopic (exact) mass is 391 g/mol. The highest BCUT2D eigenvalue weighted by Crippen LogP contribution is 2.40. The average Bonchev–Trinajstić information content (AvgIpc) is 3.43. The van der Waals surface area contributed by atoms with Crippen LogP contribution in [0.1, 0.15) is 12.0 Å². The topological polar surface area (TPSA) is 61.4 Å². The Bertz CT molecular complexity index is 862. The number of nitrogens with one attached hydrogen (secondary N) is 2. The lowest BCUT2D eigenvalue weighted by atomic mass is 10.2. The zero-order valence-electron chi connectivity index (χ0n) is 15.4. The summed E-state index contributed by atoms with van der Waals surface area (Å²) in [4.78, 5) is 26.5. The second-order valence-electron chi connectivity index (χ2n) is 6.94. The van der Waals surface area contributed by atoms with Crippen LogP contribution in [0.4, 0.5) is 30.2 Å². The summed E-state index contributed by atoms with van der Waals surface area (Å²) in [7, 11) is 3.83. The fraction of sp³-hybridized carbons (Fsp3) is 0.300. The molecular weight excluding hydrogens is 371 g/mol. The van der Waals surface area contributed by atoms with Crippen molar-refractivity contribution in [2.45, 2.75) is 12.6 Å². The number of hydrogen-bond acceptors (Lipinski definition) is 3. The second-order valence-corrected chi connectivity index (χ2v) is 6.94. The quantitative estimate of drug-likeness (QED) is 0.810. The number of carbonyl (C=O) groups is 2. The first-order valence-corrected chi connectivity index (χ1v) is 8.71. The van der Waals surface area contributed by atoms with E-state index in [1.807, 2.05) is 31.1 Å². The number of amides is 2. The van der Waals surface area contributed by atoms with Gasteiger partial charge in [0, 0.05) is 31.2 Å². The zero-order valence-corrected chi connectivity index (χ0v) is 15.4. The van der Waals surface area contributed by atoms with Crippen LogP contribution in [0.5, 0.6) is 0 Å². The molecule has 0 aromatic heterocycles. The second kappa shape index (κ2) is 7.53. The van der Waals surface area contributed by atoms with Crippen molar-refractivity contribution in [1.29, 1.82) is 0 Å². The number of alkyl halides is 3. The van der Waals surface area contributed by atoms with Gasteiger partial charge in [-0.15, -0.1) is 0 Å². The van der Waals surface area contributed by atoms with E-state index in [0.29, 0.717) is 12.1 Å². The third kappa shape index (κ3) is 4.62. The number of rotatable bonds is 5. The maximum atomic E-state index is 12.6. The highest BCUT2D eigenvalue weighted by Gasteiger charge is 2.48. The van der Waals surface area contributed by atoms with Crippen LogP contribution >= 0.6 is 0 Å². The Morgan fingerprint density at radius 1 is 0.857 bits per heavy atom. The third-order valence-electron chi connectivity index (χ3n) is 4.59. The molecule has 1 saturated carbocycles. The molecule has 0 bridgehead atoms. The lowest BCUT2D eigenvalue weighted by Gasteiger charge is -2.13. The normalized spacial score (nSPS) is 18.3. The molecule has 5 nitrogen and oxygen atoms in total. The minimum atomic E-state index is -4.42. The zero-order chi connectivity index (χ0) is 20.5. The Morgan fingerprint density at radius 2 is 1.29 bits per heavy atom. The van der Waals surface area contributed by atoms with Crippen LogP contribution < -0.4 is 15.5 Å². The Balaban J connectivity index is 1.52. The highest BCUT2D eigenvalue weighted by molar-refractivity contribution is 6.03. The van der Waals surface area contributed by atoms with Crippen molar-refractivity contribution in [3.8, 4) is 0 Å². The molecule has 0 radical (unpaired) electrons. The molecule has 2 aromatic rings. The predicted octanol–water partition coefficient (Wildman–Crippen LogP) is 3.98. The third-order valence-corrected chi connectivity index (χ3v) is 4.59. The van der Waals surface area contributed by atoms with Crippen LogP contribution in [-0.4, -0.2) is 25.9 Å². The number of hydrogen-bond donors (Lipinski definition) is 2. The van der Waals surface area contributed by atoms with Crippen molar-refractivity contribution in [2.24, 2.45) is 11.8 Å². The van der Waals surface area contributed by atoms with E-state index in [9.17, 15) is 22.8 Å². The molecule has 0 saturated heterocycles. The van der Waals surface area contributed by atoms with E-state index >= 15 is 0 Å². The van der Waals surface area contributed by atoms with Crippen molar-refractivity contribution in [2.75, 3.05) is 29.6 Å². The minimum absolute atomic E-state index is 0.245. The Kier molecular flexibility index (Phi) is 5.31. The van der Waals surface area contributed by atoms with Crippen molar-refractivity contribution in [1.82, 2.24) is 0 Å². The van der Waals surface area contributed by atoms with Gasteiger partial charge in [-0.05, 0) is 55.0 Å². The molecule has 0 spiro atoms. The molecule has 148 valence electrons. The molecule has 1 fully saturated rings. The van der Waals surface area contributed by atoms with E-state index in [4.69, 9.17) is 0 Å². The lowest BCUT2D eigenvalue weighted by Crippen LogP contribution is -2.20. The number of anilines is 3. The summed E-state index contributed by atoms with van der Waals surface area (Å²) in [5.74, 6) is -1.54. The molecule has 1 aliphatic rings. The van der Waals surface area contributed by atoms with Crippen LogP contribution in [0.15, 0.2) is 48.5 Å². The van der Waals surface area contributed by atoms with Gasteiger partial charge >= 0.3 is 6.18 Å². The van der Waals surface area contributed by atoms with Crippen molar-refractivity contribution < 1.29 is 22.8 Å². The van der Waals surface area contributed by atoms with Gasteiger partial charge in [0.15, 0.2) is 0 Å². The number of halogens is 3. The van der Waals surface area contributed by atoms with E-state index in [1.165, 1.54) is 12.1 Å². The summed E-state index contributed by atoms with van der Waals surface area (Å²) in [5, 5.41) is 5.34. The van der Waals surface area contributed by atoms with Gasteiger partial charge in [-0.3, -0.25) is 9.59 Å². The molecule has 2 atom stereocenters. The highest BCUT2D eigenvalue weighted by atomic mass is 19.4. The Labute approximate surface area is 160 Å². The first-order chi connectivity index (χ1) is 13.1.